The molecule has 0 saturated carbocycles. The summed E-state index contributed by atoms with van der Waals surface area (Å²) in [6.07, 6.45) is 5.27. The molecule has 21 heavy (non-hydrogen) atoms. The number of likely N-dealkylation sites (tertiary alicyclic amines) is 1. The molecule has 0 aliphatic carbocycles. The van der Waals surface area contributed by atoms with E-state index < -0.39 is 0 Å². The second-order valence-electron chi connectivity index (χ2n) is 5.78. The van der Waals surface area contributed by atoms with E-state index in [0.29, 0.717) is 5.92 Å². The van der Waals surface area contributed by atoms with Gasteiger partial charge in [-0.2, -0.15) is 11.3 Å². The number of amides is 1. The summed E-state index contributed by atoms with van der Waals surface area (Å²) < 4.78 is 0. The number of pyridine rings is 1. The average Bonchev–Trinajstić information content (AvgIpc) is 3.03. The largest absolute Gasteiger partial charge is 0.338 e. The molecule has 0 spiro atoms. The number of carbonyl (C=O) groups is 1. The van der Waals surface area contributed by atoms with Gasteiger partial charge in [-0.15, -0.1) is 0 Å². The lowest BCUT2D eigenvalue weighted by atomic mass is 9.91. The summed E-state index contributed by atoms with van der Waals surface area (Å²) in [5.41, 5.74) is 3.16. The Morgan fingerprint density at radius 2 is 2.33 bits per heavy atom. The first-order chi connectivity index (χ1) is 10.2. The number of aromatic nitrogens is 1. The van der Waals surface area contributed by atoms with E-state index in [2.05, 4.69) is 17.1 Å². The molecule has 1 saturated heterocycles. The summed E-state index contributed by atoms with van der Waals surface area (Å²) in [5, 5.41) is 3.91. The third-order valence-electron chi connectivity index (χ3n) is 4.07. The van der Waals surface area contributed by atoms with Crippen LogP contribution in [0.15, 0.2) is 35.2 Å². The van der Waals surface area contributed by atoms with E-state index in [1.54, 1.807) is 11.3 Å². The maximum atomic E-state index is 12.4. The Kier molecular flexibility index (Phi) is 4.34. The van der Waals surface area contributed by atoms with Crippen LogP contribution in [0.5, 0.6) is 0 Å². The zero-order chi connectivity index (χ0) is 14.7. The molecule has 1 amide bonds. The lowest BCUT2D eigenvalue weighted by molar-refractivity contribution is 0.0674. The fourth-order valence-electron chi connectivity index (χ4n) is 2.94. The van der Waals surface area contributed by atoms with Crippen LogP contribution < -0.4 is 0 Å². The van der Waals surface area contributed by atoms with Crippen LogP contribution in [0.2, 0.25) is 0 Å². The van der Waals surface area contributed by atoms with Crippen LogP contribution in [0.3, 0.4) is 0 Å². The standard InChI is InChI=1S/C17H20N2OS/c1-13-4-5-14(10-18-13)9-15-3-2-7-19(11-15)17(20)16-6-8-21-12-16/h4-6,8,10,12,15H,2-3,7,9,11H2,1H3. The number of thiophene rings is 1. The Bertz CT molecular complexity index is 592. The van der Waals surface area contributed by atoms with Gasteiger partial charge in [-0.1, -0.05) is 6.07 Å². The summed E-state index contributed by atoms with van der Waals surface area (Å²) in [7, 11) is 0. The number of nitrogens with zero attached hydrogens (tertiary/aromatic N) is 2. The van der Waals surface area contributed by atoms with Gasteiger partial charge in [0.2, 0.25) is 0 Å². The smallest absolute Gasteiger partial charge is 0.254 e. The minimum atomic E-state index is 0.183. The van der Waals surface area contributed by atoms with Crippen molar-refractivity contribution in [2.75, 3.05) is 13.1 Å². The zero-order valence-electron chi connectivity index (χ0n) is 12.3. The lowest BCUT2D eigenvalue weighted by Gasteiger charge is -2.32. The molecular formula is C17H20N2OS. The maximum Gasteiger partial charge on any atom is 0.254 e. The SMILES string of the molecule is Cc1ccc(CC2CCCN(C(=O)c3ccsc3)C2)cn1. The number of rotatable bonds is 3. The van der Waals surface area contributed by atoms with Gasteiger partial charge in [0.1, 0.15) is 0 Å². The maximum absolute atomic E-state index is 12.4. The Labute approximate surface area is 129 Å². The molecule has 1 aliphatic heterocycles. The van der Waals surface area contributed by atoms with E-state index >= 15 is 0 Å². The molecule has 2 aromatic rings. The van der Waals surface area contributed by atoms with E-state index in [0.717, 1.165) is 37.2 Å². The first-order valence-electron chi connectivity index (χ1n) is 7.45. The van der Waals surface area contributed by atoms with Crippen molar-refractivity contribution in [3.05, 3.63) is 52.0 Å². The van der Waals surface area contributed by atoms with Crippen LogP contribution >= 0.6 is 11.3 Å². The Morgan fingerprint density at radius 3 is 3.05 bits per heavy atom. The monoisotopic (exact) mass is 300 g/mol. The number of hydrogen-bond donors (Lipinski definition) is 0. The molecule has 3 rings (SSSR count). The molecule has 1 atom stereocenters. The van der Waals surface area contributed by atoms with Crippen molar-refractivity contribution < 1.29 is 4.79 Å². The second kappa shape index (κ2) is 6.39. The molecule has 1 fully saturated rings. The van der Waals surface area contributed by atoms with Gasteiger partial charge in [-0.05, 0) is 55.2 Å². The molecule has 0 aromatic carbocycles. The normalized spacial score (nSPS) is 18.7. The van der Waals surface area contributed by atoms with Crippen molar-refractivity contribution in [3.8, 4) is 0 Å². The van der Waals surface area contributed by atoms with E-state index in [1.165, 1.54) is 12.0 Å². The first kappa shape index (κ1) is 14.3. The Hall–Kier alpha value is -1.68. The third kappa shape index (κ3) is 3.50. The highest BCUT2D eigenvalue weighted by Crippen LogP contribution is 2.22. The number of carbonyl (C=O) groups excluding carboxylic acids is 1. The van der Waals surface area contributed by atoms with Gasteiger partial charge in [0.15, 0.2) is 0 Å². The van der Waals surface area contributed by atoms with Crippen LogP contribution in [0, 0.1) is 12.8 Å². The highest BCUT2D eigenvalue weighted by molar-refractivity contribution is 7.08. The van der Waals surface area contributed by atoms with Crippen LogP contribution in [0.1, 0.15) is 34.5 Å². The summed E-state index contributed by atoms with van der Waals surface area (Å²) in [4.78, 5) is 18.8. The molecule has 1 aliphatic rings. The minimum absolute atomic E-state index is 0.183. The van der Waals surface area contributed by atoms with Gasteiger partial charge in [-0.3, -0.25) is 9.78 Å². The summed E-state index contributed by atoms with van der Waals surface area (Å²) in [5.74, 6) is 0.730. The summed E-state index contributed by atoms with van der Waals surface area (Å²) >= 11 is 1.58. The van der Waals surface area contributed by atoms with Gasteiger partial charge in [0.05, 0.1) is 5.56 Å². The zero-order valence-corrected chi connectivity index (χ0v) is 13.1. The number of hydrogen-bond acceptors (Lipinski definition) is 3. The predicted octanol–water partition coefficient (Wildman–Crippen LogP) is 3.55. The van der Waals surface area contributed by atoms with Gasteiger partial charge >= 0.3 is 0 Å². The van der Waals surface area contributed by atoms with Crippen molar-refractivity contribution in [1.29, 1.82) is 0 Å². The number of piperidine rings is 1. The van der Waals surface area contributed by atoms with Gasteiger partial charge in [0.25, 0.3) is 5.91 Å². The Balaban J connectivity index is 1.63. The second-order valence-corrected chi connectivity index (χ2v) is 6.56. The van der Waals surface area contributed by atoms with Gasteiger partial charge in [-0.25, -0.2) is 0 Å². The van der Waals surface area contributed by atoms with Gasteiger partial charge < -0.3 is 4.90 Å². The molecular weight excluding hydrogens is 280 g/mol. The van der Waals surface area contributed by atoms with Crippen molar-refractivity contribution in [1.82, 2.24) is 9.88 Å². The molecule has 110 valence electrons. The third-order valence-corrected chi connectivity index (χ3v) is 4.75. The molecule has 0 radical (unpaired) electrons. The number of aryl methyl sites for hydroxylation is 1. The van der Waals surface area contributed by atoms with E-state index in [-0.39, 0.29) is 5.91 Å². The van der Waals surface area contributed by atoms with Crippen molar-refractivity contribution in [3.63, 3.8) is 0 Å². The van der Waals surface area contributed by atoms with Crippen molar-refractivity contribution in [2.45, 2.75) is 26.2 Å². The van der Waals surface area contributed by atoms with Crippen LogP contribution in [0.25, 0.3) is 0 Å². The van der Waals surface area contributed by atoms with E-state index in [4.69, 9.17) is 0 Å². The summed E-state index contributed by atoms with van der Waals surface area (Å²) in [6.45, 7) is 3.76. The molecule has 2 aromatic heterocycles. The fraction of sp³-hybridized carbons (Fsp3) is 0.412. The Morgan fingerprint density at radius 1 is 1.43 bits per heavy atom. The van der Waals surface area contributed by atoms with Crippen LogP contribution in [-0.4, -0.2) is 28.9 Å². The van der Waals surface area contributed by atoms with Crippen molar-refractivity contribution in [2.24, 2.45) is 5.92 Å². The highest BCUT2D eigenvalue weighted by atomic mass is 32.1. The summed E-state index contributed by atoms with van der Waals surface area (Å²) in [6, 6.07) is 6.13. The topological polar surface area (TPSA) is 33.2 Å². The van der Waals surface area contributed by atoms with Crippen LogP contribution in [0.4, 0.5) is 0 Å². The highest BCUT2D eigenvalue weighted by Gasteiger charge is 2.24. The van der Waals surface area contributed by atoms with E-state index in [1.807, 2.05) is 34.8 Å². The van der Waals surface area contributed by atoms with Crippen LogP contribution in [-0.2, 0) is 6.42 Å². The first-order valence-corrected chi connectivity index (χ1v) is 8.39. The molecule has 4 heteroatoms. The molecule has 3 heterocycles. The molecule has 1 unspecified atom stereocenters. The molecule has 3 nitrogen and oxygen atoms in total. The quantitative estimate of drug-likeness (QED) is 0.868. The predicted molar refractivity (Wildman–Crippen MR) is 85.6 cm³/mol. The molecule has 0 bridgehead atoms. The van der Waals surface area contributed by atoms with E-state index in [9.17, 15) is 4.79 Å². The van der Waals surface area contributed by atoms with Gasteiger partial charge in [0, 0.05) is 30.4 Å². The average molecular weight is 300 g/mol. The lowest BCUT2D eigenvalue weighted by Crippen LogP contribution is -2.40. The molecule has 0 N–H and O–H groups in total. The minimum Gasteiger partial charge on any atom is -0.338 e. The fourth-order valence-corrected chi connectivity index (χ4v) is 3.57. The van der Waals surface area contributed by atoms with Crippen molar-refractivity contribution >= 4 is 17.2 Å².